The zero-order chi connectivity index (χ0) is 24.4. The lowest BCUT2D eigenvalue weighted by Crippen LogP contribution is -2.20. The number of phenols is 2. The lowest BCUT2D eigenvalue weighted by Gasteiger charge is -2.02. The van der Waals surface area contributed by atoms with Gasteiger partial charge in [0.1, 0.15) is 11.5 Å². The van der Waals surface area contributed by atoms with Gasteiger partial charge in [0, 0.05) is 48.2 Å². The van der Waals surface area contributed by atoms with E-state index in [4.69, 9.17) is 0 Å². The molecule has 0 atom stereocenters. The van der Waals surface area contributed by atoms with Gasteiger partial charge in [0.05, 0.1) is 22.3 Å². The van der Waals surface area contributed by atoms with E-state index in [1.165, 1.54) is 0 Å². The zero-order valence-electron chi connectivity index (χ0n) is 16.9. The van der Waals surface area contributed by atoms with E-state index >= 15 is 0 Å². The molecule has 4 N–H and O–H groups in total. The van der Waals surface area contributed by atoms with E-state index in [9.17, 15) is 40.0 Å². The van der Waals surface area contributed by atoms with Crippen molar-refractivity contribution in [3.63, 3.8) is 0 Å². The van der Waals surface area contributed by atoms with Crippen molar-refractivity contribution in [1.82, 2.24) is 10.9 Å². The van der Waals surface area contributed by atoms with E-state index in [-0.39, 0.29) is 53.3 Å². The van der Waals surface area contributed by atoms with Gasteiger partial charge in [-0.15, -0.1) is 0 Å². The molecule has 0 saturated heterocycles. The Morgan fingerprint density at radius 3 is 1.58 bits per heavy atom. The molecule has 0 heterocycles. The van der Waals surface area contributed by atoms with E-state index in [0.29, 0.717) is 0 Å². The number of nitro groups is 2. The van der Waals surface area contributed by atoms with Crippen molar-refractivity contribution >= 4 is 35.6 Å². The van der Waals surface area contributed by atoms with Crippen LogP contribution in [0.15, 0.2) is 46.6 Å². The number of hydrogen-bond donors (Lipinski definition) is 4. The maximum absolute atomic E-state index is 11.8. The molecular formula is C19H18N6O8. The third-order valence-corrected chi connectivity index (χ3v) is 4.04. The fourth-order valence-electron chi connectivity index (χ4n) is 2.39. The Kier molecular flexibility index (Phi) is 8.50. The van der Waals surface area contributed by atoms with E-state index in [0.717, 1.165) is 48.8 Å². The predicted octanol–water partition coefficient (Wildman–Crippen LogP) is 1.68. The third kappa shape index (κ3) is 7.71. The van der Waals surface area contributed by atoms with Gasteiger partial charge in [0.15, 0.2) is 0 Å². The van der Waals surface area contributed by atoms with Gasteiger partial charge in [-0.25, -0.2) is 10.9 Å². The van der Waals surface area contributed by atoms with Crippen LogP contribution in [0, 0.1) is 20.2 Å². The van der Waals surface area contributed by atoms with Crippen LogP contribution < -0.4 is 10.9 Å². The molecule has 14 heteroatoms. The first-order valence-electron chi connectivity index (χ1n) is 9.26. The minimum atomic E-state index is -0.642. The molecule has 0 aliphatic heterocycles. The minimum Gasteiger partial charge on any atom is -0.507 e. The number of amides is 2. The van der Waals surface area contributed by atoms with Crippen LogP contribution in [0.4, 0.5) is 11.4 Å². The molecule has 172 valence electrons. The second-order valence-electron chi connectivity index (χ2n) is 6.44. The molecule has 0 bridgehead atoms. The van der Waals surface area contributed by atoms with E-state index in [1.54, 1.807) is 0 Å². The van der Waals surface area contributed by atoms with Gasteiger partial charge >= 0.3 is 0 Å². The van der Waals surface area contributed by atoms with Crippen LogP contribution in [0.3, 0.4) is 0 Å². The Hall–Kier alpha value is -4.88. The van der Waals surface area contributed by atoms with Crippen LogP contribution in [-0.4, -0.2) is 44.3 Å². The van der Waals surface area contributed by atoms with Crippen molar-refractivity contribution in [2.24, 2.45) is 10.2 Å². The SMILES string of the molecule is O=C(CCCC(=O)NN=Cc1cc([N+](=O)[O-])ccc1O)NN=Cc1cc([N+](=O)[O-])ccc1O. The molecule has 0 aliphatic carbocycles. The summed E-state index contributed by atoms with van der Waals surface area (Å²) in [7, 11) is 0. The number of carbonyl (C=O) groups excluding carboxylic acids is 2. The summed E-state index contributed by atoms with van der Waals surface area (Å²) in [4.78, 5) is 43.7. The summed E-state index contributed by atoms with van der Waals surface area (Å²) in [5, 5.41) is 48.0. The van der Waals surface area contributed by atoms with E-state index in [1.807, 2.05) is 0 Å². The molecule has 2 aromatic rings. The number of hydrazone groups is 2. The van der Waals surface area contributed by atoms with E-state index in [2.05, 4.69) is 21.1 Å². The molecule has 0 saturated carbocycles. The maximum atomic E-state index is 11.8. The van der Waals surface area contributed by atoms with Gasteiger partial charge in [0.25, 0.3) is 11.4 Å². The van der Waals surface area contributed by atoms with E-state index < -0.39 is 21.7 Å². The summed E-state index contributed by atoms with van der Waals surface area (Å²) in [6.07, 6.45) is 2.10. The molecule has 0 radical (unpaired) electrons. The number of rotatable bonds is 10. The number of hydrogen-bond acceptors (Lipinski definition) is 10. The lowest BCUT2D eigenvalue weighted by molar-refractivity contribution is -0.385. The molecular weight excluding hydrogens is 440 g/mol. The molecule has 0 unspecified atom stereocenters. The number of carbonyl (C=O) groups is 2. The molecule has 0 fully saturated rings. The van der Waals surface area contributed by atoms with Gasteiger partial charge in [0.2, 0.25) is 11.8 Å². The molecule has 0 aromatic heterocycles. The molecule has 33 heavy (non-hydrogen) atoms. The summed E-state index contributed by atoms with van der Waals surface area (Å²) < 4.78 is 0. The standard InChI is InChI=1S/C19H18N6O8/c26-16-6-4-14(24(30)31)8-12(16)10-20-22-18(28)2-1-3-19(29)23-21-11-13-9-15(25(32)33)5-7-17(13)27/h4-11,26-27H,1-3H2,(H,22,28)(H,23,29). The quantitative estimate of drug-likeness (QED) is 0.233. The number of nitrogens with zero attached hydrogens (tertiary/aromatic N) is 4. The number of benzene rings is 2. The minimum absolute atomic E-state index is 0.0384. The highest BCUT2D eigenvalue weighted by Crippen LogP contribution is 2.22. The Morgan fingerprint density at radius 1 is 0.818 bits per heavy atom. The molecule has 0 aliphatic rings. The summed E-state index contributed by atoms with van der Waals surface area (Å²) in [6.45, 7) is 0. The summed E-state index contributed by atoms with van der Waals surface area (Å²) in [6, 6.07) is 6.66. The Bertz CT molecular complexity index is 1040. The first kappa shape index (κ1) is 24.4. The number of nitro benzene ring substituents is 2. The van der Waals surface area contributed by atoms with Gasteiger partial charge in [-0.2, -0.15) is 10.2 Å². The van der Waals surface area contributed by atoms with Crippen LogP contribution in [0.1, 0.15) is 30.4 Å². The van der Waals surface area contributed by atoms with Gasteiger partial charge in [-0.1, -0.05) is 0 Å². The first-order valence-corrected chi connectivity index (χ1v) is 9.26. The summed E-state index contributed by atoms with van der Waals surface area (Å²) in [5.74, 6) is -1.58. The first-order chi connectivity index (χ1) is 15.7. The van der Waals surface area contributed by atoms with Gasteiger partial charge < -0.3 is 10.2 Å². The van der Waals surface area contributed by atoms with Gasteiger partial charge in [-0.05, 0) is 18.6 Å². The van der Waals surface area contributed by atoms with Crippen LogP contribution in [-0.2, 0) is 9.59 Å². The van der Waals surface area contributed by atoms with Crippen LogP contribution in [0.5, 0.6) is 11.5 Å². The number of phenolic OH excluding ortho intramolecular Hbond substituents is 2. The molecule has 2 amide bonds. The average Bonchev–Trinajstić information content (AvgIpc) is 2.76. The van der Waals surface area contributed by atoms with Gasteiger partial charge in [-0.3, -0.25) is 29.8 Å². The topological polar surface area (TPSA) is 210 Å². The maximum Gasteiger partial charge on any atom is 0.270 e. The van der Waals surface area contributed by atoms with Crippen LogP contribution in [0.2, 0.25) is 0 Å². The Labute approximate surface area is 185 Å². The molecule has 14 nitrogen and oxygen atoms in total. The van der Waals surface area contributed by atoms with Crippen molar-refractivity contribution in [2.45, 2.75) is 19.3 Å². The molecule has 2 rings (SSSR count). The third-order valence-electron chi connectivity index (χ3n) is 4.04. The van der Waals surface area contributed by atoms with Crippen molar-refractivity contribution in [3.8, 4) is 11.5 Å². The number of aromatic hydroxyl groups is 2. The number of nitrogens with one attached hydrogen (secondary N) is 2. The highest BCUT2D eigenvalue weighted by Gasteiger charge is 2.10. The lowest BCUT2D eigenvalue weighted by atomic mass is 10.2. The molecule has 0 spiro atoms. The Balaban J connectivity index is 1.76. The summed E-state index contributed by atoms with van der Waals surface area (Å²) >= 11 is 0. The average molecular weight is 458 g/mol. The Morgan fingerprint density at radius 2 is 1.21 bits per heavy atom. The molecule has 2 aromatic carbocycles. The van der Waals surface area contributed by atoms with Crippen molar-refractivity contribution in [2.75, 3.05) is 0 Å². The van der Waals surface area contributed by atoms with Crippen LogP contribution >= 0.6 is 0 Å². The van der Waals surface area contributed by atoms with Crippen molar-refractivity contribution < 1.29 is 29.6 Å². The van der Waals surface area contributed by atoms with Crippen molar-refractivity contribution in [1.29, 1.82) is 0 Å². The monoisotopic (exact) mass is 458 g/mol. The second-order valence-corrected chi connectivity index (χ2v) is 6.44. The zero-order valence-corrected chi connectivity index (χ0v) is 16.9. The highest BCUT2D eigenvalue weighted by molar-refractivity contribution is 5.87. The predicted molar refractivity (Wildman–Crippen MR) is 115 cm³/mol. The van der Waals surface area contributed by atoms with Crippen molar-refractivity contribution in [3.05, 3.63) is 67.8 Å². The normalized spacial score (nSPS) is 10.9. The number of non-ortho nitro benzene ring substituents is 2. The smallest absolute Gasteiger partial charge is 0.270 e. The second kappa shape index (κ2) is 11.5. The highest BCUT2D eigenvalue weighted by atomic mass is 16.6. The fraction of sp³-hybridized carbons (Fsp3) is 0.158. The largest absolute Gasteiger partial charge is 0.507 e. The summed E-state index contributed by atoms with van der Waals surface area (Å²) in [5.41, 5.74) is 3.91. The van der Waals surface area contributed by atoms with Crippen LogP contribution in [0.25, 0.3) is 0 Å². The fourth-order valence-corrected chi connectivity index (χ4v) is 2.39.